The molecule has 2 heterocycles. The molecule has 1 aliphatic rings. The fraction of sp³-hybridized carbons (Fsp3) is 0.211. The Morgan fingerprint density at radius 2 is 1.88 bits per heavy atom. The van der Waals surface area contributed by atoms with Crippen molar-refractivity contribution >= 4 is 5.91 Å². The molecule has 1 aromatic carbocycles. The van der Waals surface area contributed by atoms with Gasteiger partial charge in [-0.2, -0.15) is 5.10 Å². The number of benzene rings is 1. The van der Waals surface area contributed by atoms with Crippen LogP contribution >= 0.6 is 0 Å². The van der Waals surface area contributed by atoms with Gasteiger partial charge in [-0.25, -0.2) is 4.68 Å². The first-order valence-corrected chi connectivity index (χ1v) is 8.11. The molecule has 0 aliphatic heterocycles. The first kappa shape index (κ1) is 14.6. The van der Waals surface area contributed by atoms with Crippen molar-refractivity contribution in [1.29, 1.82) is 0 Å². The Bertz CT molecular complexity index is 825. The zero-order valence-electron chi connectivity index (χ0n) is 13.2. The number of carbonyl (C=O) groups excluding carboxylic acids is 1. The number of amides is 1. The van der Waals surface area contributed by atoms with Crippen molar-refractivity contribution in [3.63, 3.8) is 0 Å². The average Bonchev–Trinajstić information content (AvgIpc) is 3.36. The molecule has 4 rings (SSSR count). The molecule has 0 spiro atoms. The van der Waals surface area contributed by atoms with Crippen molar-refractivity contribution < 1.29 is 4.79 Å². The van der Waals surface area contributed by atoms with E-state index in [9.17, 15) is 4.79 Å². The van der Waals surface area contributed by atoms with E-state index in [1.807, 2.05) is 47.4 Å². The first-order valence-electron chi connectivity index (χ1n) is 8.11. The van der Waals surface area contributed by atoms with Crippen LogP contribution in [0.15, 0.2) is 67.3 Å². The van der Waals surface area contributed by atoms with Crippen LogP contribution in [0.3, 0.4) is 0 Å². The van der Waals surface area contributed by atoms with Gasteiger partial charge < -0.3 is 4.90 Å². The van der Waals surface area contributed by atoms with Crippen LogP contribution in [0.5, 0.6) is 0 Å². The van der Waals surface area contributed by atoms with Crippen LogP contribution in [-0.2, 0) is 6.54 Å². The van der Waals surface area contributed by atoms with E-state index in [1.54, 1.807) is 29.5 Å². The number of rotatable bonds is 5. The summed E-state index contributed by atoms with van der Waals surface area (Å²) in [7, 11) is 0. The van der Waals surface area contributed by atoms with Gasteiger partial charge in [-0.1, -0.05) is 18.2 Å². The van der Waals surface area contributed by atoms with Gasteiger partial charge in [0.1, 0.15) is 0 Å². The van der Waals surface area contributed by atoms with Crippen LogP contribution in [0.25, 0.3) is 5.69 Å². The summed E-state index contributed by atoms with van der Waals surface area (Å²) in [4.78, 5) is 18.9. The fourth-order valence-corrected chi connectivity index (χ4v) is 2.76. The predicted molar refractivity (Wildman–Crippen MR) is 90.7 cm³/mol. The summed E-state index contributed by atoms with van der Waals surface area (Å²) < 4.78 is 1.74. The lowest BCUT2D eigenvalue weighted by molar-refractivity contribution is 0.0730. The second kappa shape index (κ2) is 6.28. The number of aromatic nitrogens is 3. The predicted octanol–water partition coefficient (Wildman–Crippen LogP) is 3.07. The summed E-state index contributed by atoms with van der Waals surface area (Å²) in [6.07, 6.45) is 9.13. The molecule has 120 valence electrons. The third-order valence-electron chi connectivity index (χ3n) is 4.20. The van der Waals surface area contributed by atoms with Crippen LogP contribution in [0.2, 0.25) is 0 Å². The van der Waals surface area contributed by atoms with Crippen LogP contribution in [0.4, 0.5) is 0 Å². The monoisotopic (exact) mass is 318 g/mol. The molecule has 1 fully saturated rings. The lowest BCUT2D eigenvalue weighted by Crippen LogP contribution is -2.32. The number of hydrogen-bond donors (Lipinski definition) is 0. The zero-order valence-corrected chi connectivity index (χ0v) is 13.2. The molecule has 1 saturated carbocycles. The molecule has 5 nitrogen and oxygen atoms in total. The lowest BCUT2D eigenvalue weighted by Gasteiger charge is -2.21. The van der Waals surface area contributed by atoms with Gasteiger partial charge in [0.25, 0.3) is 5.91 Å². The molecule has 5 heteroatoms. The zero-order chi connectivity index (χ0) is 16.4. The van der Waals surface area contributed by atoms with Crippen LogP contribution in [0.1, 0.15) is 28.8 Å². The van der Waals surface area contributed by atoms with Crippen molar-refractivity contribution in [3.05, 3.63) is 78.4 Å². The Morgan fingerprint density at radius 3 is 2.58 bits per heavy atom. The van der Waals surface area contributed by atoms with E-state index in [0.29, 0.717) is 18.2 Å². The molecule has 0 atom stereocenters. The van der Waals surface area contributed by atoms with Gasteiger partial charge in [-0.15, -0.1) is 0 Å². The second-order valence-electron chi connectivity index (χ2n) is 6.03. The van der Waals surface area contributed by atoms with Gasteiger partial charge in [0.15, 0.2) is 0 Å². The van der Waals surface area contributed by atoms with Gasteiger partial charge in [-0.3, -0.25) is 9.78 Å². The minimum absolute atomic E-state index is 0.0384. The topological polar surface area (TPSA) is 51.0 Å². The standard InChI is InChI=1S/C19H18N4O/c24-19(16-12-21-23(14-16)18-4-2-1-3-5-18)22(17-6-7-17)13-15-8-10-20-11-9-15/h1-5,8-12,14,17H,6-7,13H2. The molecule has 0 N–H and O–H groups in total. The van der Waals surface area contributed by atoms with Crippen molar-refractivity contribution in [3.8, 4) is 5.69 Å². The molecular formula is C19H18N4O. The van der Waals surface area contributed by atoms with E-state index >= 15 is 0 Å². The van der Waals surface area contributed by atoms with E-state index in [-0.39, 0.29) is 5.91 Å². The third-order valence-corrected chi connectivity index (χ3v) is 4.20. The smallest absolute Gasteiger partial charge is 0.257 e. The summed E-state index contributed by atoms with van der Waals surface area (Å²) in [6, 6.07) is 14.1. The van der Waals surface area contributed by atoms with Gasteiger partial charge in [0.05, 0.1) is 17.4 Å². The summed E-state index contributed by atoms with van der Waals surface area (Å²) >= 11 is 0. The molecule has 0 radical (unpaired) electrons. The van der Waals surface area contributed by atoms with E-state index in [2.05, 4.69) is 10.1 Å². The van der Waals surface area contributed by atoms with Crippen molar-refractivity contribution in [2.75, 3.05) is 0 Å². The summed E-state index contributed by atoms with van der Waals surface area (Å²) in [6.45, 7) is 0.614. The van der Waals surface area contributed by atoms with Crippen LogP contribution in [-0.4, -0.2) is 31.6 Å². The second-order valence-corrected chi connectivity index (χ2v) is 6.03. The molecule has 3 aromatic rings. The molecule has 1 amide bonds. The molecule has 0 saturated heterocycles. The highest BCUT2D eigenvalue weighted by Crippen LogP contribution is 2.29. The number of para-hydroxylation sites is 1. The normalized spacial score (nSPS) is 13.7. The lowest BCUT2D eigenvalue weighted by atomic mass is 10.2. The van der Waals surface area contributed by atoms with E-state index in [1.165, 1.54) is 0 Å². The van der Waals surface area contributed by atoms with Crippen LogP contribution in [0, 0.1) is 0 Å². The molecule has 0 bridgehead atoms. The highest BCUT2D eigenvalue weighted by atomic mass is 16.2. The number of pyridine rings is 1. The Kier molecular flexibility index (Phi) is 3.83. The number of nitrogens with zero attached hydrogens (tertiary/aromatic N) is 4. The Hall–Kier alpha value is -2.95. The van der Waals surface area contributed by atoms with E-state index in [0.717, 1.165) is 24.1 Å². The molecule has 2 aromatic heterocycles. The Balaban J connectivity index is 1.56. The molecule has 1 aliphatic carbocycles. The van der Waals surface area contributed by atoms with E-state index < -0.39 is 0 Å². The van der Waals surface area contributed by atoms with Crippen molar-refractivity contribution in [2.45, 2.75) is 25.4 Å². The molecular weight excluding hydrogens is 300 g/mol. The number of hydrogen-bond acceptors (Lipinski definition) is 3. The fourth-order valence-electron chi connectivity index (χ4n) is 2.76. The maximum atomic E-state index is 12.9. The van der Waals surface area contributed by atoms with Crippen molar-refractivity contribution in [2.24, 2.45) is 0 Å². The first-order chi connectivity index (χ1) is 11.8. The molecule has 0 unspecified atom stereocenters. The third kappa shape index (κ3) is 3.06. The highest BCUT2D eigenvalue weighted by Gasteiger charge is 2.33. The quantitative estimate of drug-likeness (QED) is 0.726. The average molecular weight is 318 g/mol. The largest absolute Gasteiger partial charge is 0.331 e. The van der Waals surface area contributed by atoms with E-state index in [4.69, 9.17) is 0 Å². The summed E-state index contributed by atoms with van der Waals surface area (Å²) in [5.41, 5.74) is 2.67. The number of carbonyl (C=O) groups is 1. The van der Waals surface area contributed by atoms with Crippen LogP contribution < -0.4 is 0 Å². The summed E-state index contributed by atoms with van der Waals surface area (Å²) in [5.74, 6) is 0.0384. The SMILES string of the molecule is O=C(c1cnn(-c2ccccc2)c1)N(Cc1ccncc1)C1CC1. The Morgan fingerprint density at radius 1 is 1.12 bits per heavy atom. The van der Waals surface area contributed by atoms with Gasteiger partial charge in [0, 0.05) is 31.2 Å². The minimum atomic E-state index is 0.0384. The van der Waals surface area contributed by atoms with Crippen molar-refractivity contribution in [1.82, 2.24) is 19.7 Å². The minimum Gasteiger partial charge on any atom is -0.331 e. The van der Waals surface area contributed by atoms with Gasteiger partial charge in [-0.05, 0) is 42.7 Å². The summed E-state index contributed by atoms with van der Waals surface area (Å²) in [5, 5.41) is 4.34. The highest BCUT2D eigenvalue weighted by molar-refractivity contribution is 5.94. The maximum Gasteiger partial charge on any atom is 0.257 e. The van der Waals surface area contributed by atoms with Gasteiger partial charge >= 0.3 is 0 Å². The van der Waals surface area contributed by atoms with Gasteiger partial charge in [0.2, 0.25) is 0 Å². The Labute approximate surface area is 140 Å². The maximum absolute atomic E-state index is 12.9. The molecule has 24 heavy (non-hydrogen) atoms.